The van der Waals surface area contributed by atoms with Crippen LogP contribution in [0.5, 0.6) is 0 Å². The van der Waals surface area contributed by atoms with Gasteiger partial charge in [0.15, 0.2) is 0 Å². The lowest BCUT2D eigenvalue weighted by atomic mass is 9.82. The molecule has 2 aromatic heterocycles. The zero-order chi connectivity index (χ0) is 19.0. The predicted molar refractivity (Wildman–Crippen MR) is 95.6 cm³/mol. The van der Waals surface area contributed by atoms with E-state index in [1.54, 1.807) is 36.7 Å². The Labute approximate surface area is 152 Å². The molecule has 0 aliphatic heterocycles. The molecule has 0 saturated carbocycles. The molecular weight excluding hydrogens is 334 g/mol. The minimum absolute atomic E-state index is 0.427. The lowest BCUT2D eigenvalue weighted by molar-refractivity contribution is -0.144. The van der Waals surface area contributed by atoms with Crippen LogP contribution in [-0.4, -0.2) is 50.1 Å². The highest BCUT2D eigenvalue weighted by Crippen LogP contribution is 2.38. The average Bonchev–Trinajstić information content (AvgIpc) is 2.63. The fourth-order valence-electron chi connectivity index (χ4n) is 3.17. The van der Waals surface area contributed by atoms with Crippen LogP contribution in [0.2, 0.25) is 0 Å². The Bertz CT molecular complexity index is 667. The molecule has 0 aliphatic rings. The largest absolute Gasteiger partial charge is 0.480 e. The standard InChI is InChI=1S/C19H23N3O4/c1-2-3-10-19(15-8-4-6-11-20-15,16-9-5-7-12-21-16)22(13-17(23)24)14-18(25)26/h4-9,11-12H,2-3,10,13-14H2,1H3,(H,23,24)(H,25,26). The normalized spacial score (nSPS) is 11.5. The van der Waals surface area contributed by atoms with E-state index in [0.29, 0.717) is 17.8 Å². The summed E-state index contributed by atoms with van der Waals surface area (Å²) in [6.45, 7) is 1.17. The molecule has 0 spiro atoms. The van der Waals surface area contributed by atoms with E-state index in [-0.39, 0.29) is 0 Å². The molecule has 0 fully saturated rings. The van der Waals surface area contributed by atoms with E-state index < -0.39 is 30.6 Å². The molecule has 2 heterocycles. The van der Waals surface area contributed by atoms with Crippen molar-refractivity contribution in [3.63, 3.8) is 0 Å². The van der Waals surface area contributed by atoms with Gasteiger partial charge < -0.3 is 10.2 Å². The Kier molecular flexibility index (Phi) is 6.80. The molecule has 0 bridgehead atoms. The molecule has 0 aliphatic carbocycles. The van der Waals surface area contributed by atoms with Crippen molar-refractivity contribution in [2.45, 2.75) is 31.7 Å². The first-order chi connectivity index (χ1) is 12.5. The number of carboxylic acids is 2. The van der Waals surface area contributed by atoms with Gasteiger partial charge in [0, 0.05) is 12.4 Å². The van der Waals surface area contributed by atoms with E-state index in [0.717, 1.165) is 12.8 Å². The number of rotatable bonds is 10. The van der Waals surface area contributed by atoms with Crippen LogP contribution in [0.1, 0.15) is 37.6 Å². The van der Waals surface area contributed by atoms with Gasteiger partial charge in [-0.05, 0) is 30.7 Å². The number of carbonyl (C=O) groups is 2. The smallest absolute Gasteiger partial charge is 0.317 e. The zero-order valence-electron chi connectivity index (χ0n) is 14.7. The van der Waals surface area contributed by atoms with Crippen molar-refractivity contribution in [2.24, 2.45) is 0 Å². The van der Waals surface area contributed by atoms with Gasteiger partial charge in [-0.15, -0.1) is 0 Å². The van der Waals surface area contributed by atoms with Crippen molar-refractivity contribution in [3.05, 3.63) is 60.2 Å². The number of aliphatic carboxylic acids is 2. The van der Waals surface area contributed by atoms with Crippen LogP contribution in [0, 0.1) is 0 Å². The van der Waals surface area contributed by atoms with Crippen LogP contribution in [-0.2, 0) is 15.1 Å². The summed E-state index contributed by atoms with van der Waals surface area (Å²) in [5.74, 6) is -2.20. The number of aromatic nitrogens is 2. The summed E-state index contributed by atoms with van der Waals surface area (Å²) in [5.41, 5.74) is 0.152. The predicted octanol–water partition coefficient (Wildman–Crippen LogP) is 2.38. The Morgan fingerprint density at radius 2 is 1.46 bits per heavy atom. The maximum atomic E-state index is 11.5. The van der Waals surface area contributed by atoms with Crippen LogP contribution >= 0.6 is 0 Å². The van der Waals surface area contributed by atoms with E-state index >= 15 is 0 Å². The highest BCUT2D eigenvalue weighted by molar-refractivity contribution is 5.73. The minimum atomic E-state index is -1.10. The fraction of sp³-hybridized carbons (Fsp3) is 0.368. The first-order valence-corrected chi connectivity index (χ1v) is 8.52. The molecule has 0 atom stereocenters. The average molecular weight is 357 g/mol. The van der Waals surface area contributed by atoms with Crippen molar-refractivity contribution in [2.75, 3.05) is 13.1 Å². The lowest BCUT2D eigenvalue weighted by Gasteiger charge is -2.42. The van der Waals surface area contributed by atoms with E-state index in [1.165, 1.54) is 4.90 Å². The maximum absolute atomic E-state index is 11.5. The second kappa shape index (κ2) is 9.05. The quantitative estimate of drug-likeness (QED) is 0.673. The van der Waals surface area contributed by atoms with Crippen molar-refractivity contribution in [1.29, 1.82) is 0 Å². The molecule has 7 heteroatoms. The monoisotopic (exact) mass is 357 g/mol. The van der Waals surface area contributed by atoms with E-state index in [9.17, 15) is 19.8 Å². The van der Waals surface area contributed by atoms with Gasteiger partial charge in [0.05, 0.1) is 24.5 Å². The van der Waals surface area contributed by atoms with E-state index in [2.05, 4.69) is 9.97 Å². The van der Waals surface area contributed by atoms with E-state index in [4.69, 9.17) is 0 Å². The molecule has 2 N–H and O–H groups in total. The highest BCUT2D eigenvalue weighted by atomic mass is 16.4. The molecule has 2 aromatic rings. The summed E-state index contributed by atoms with van der Waals surface area (Å²) >= 11 is 0. The third-order valence-corrected chi connectivity index (χ3v) is 4.26. The Morgan fingerprint density at radius 1 is 0.962 bits per heavy atom. The third kappa shape index (κ3) is 4.43. The van der Waals surface area contributed by atoms with Gasteiger partial charge in [-0.2, -0.15) is 0 Å². The van der Waals surface area contributed by atoms with Gasteiger partial charge in [0.25, 0.3) is 0 Å². The second-order valence-corrected chi connectivity index (χ2v) is 6.04. The van der Waals surface area contributed by atoms with Crippen molar-refractivity contribution in [1.82, 2.24) is 14.9 Å². The van der Waals surface area contributed by atoms with Crippen molar-refractivity contribution in [3.8, 4) is 0 Å². The topological polar surface area (TPSA) is 104 Å². The molecule has 0 aromatic carbocycles. The number of nitrogens with zero attached hydrogens (tertiary/aromatic N) is 3. The minimum Gasteiger partial charge on any atom is -0.480 e. The first kappa shape index (κ1) is 19.5. The van der Waals surface area contributed by atoms with Gasteiger partial charge in [0.1, 0.15) is 5.54 Å². The second-order valence-electron chi connectivity index (χ2n) is 6.04. The third-order valence-electron chi connectivity index (χ3n) is 4.26. The number of unbranched alkanes of at least 4 members (excludes halogenated alkanes) is 1. The van der Waals surface area contributed by atoms with Crippen LogP contribution in [0.15, 0.2) is 48.8 Å². The molecule has 138 valence electrons. The summed E-state index contributed by atoms with van der Waals surface area (Å²) in [4.78, 5) is 33.3. The molecule has 26 heavy (non-hydrogen) atoms. The maximum Gasteiger partial charge on any atom is 0.317 e. The lowest BCUT2D eigenvalue weighted by Crippen LogP contribution is -2.52. The summed E-state index contributed by atoms with van der Waals surface area (Å²) < 4.78 is 0. The molecule has 2 rings (SSSR count). The number of hydrogen-bond donors (Lipinski definition) is 2. The van der Waals surface area contributed by atoms with Gasteiger partial charge in [0.2, 0.25) is 0 Å². The van der Waals surface area contributed by atoms with E-state index in [1.807, 2.05) is 19.1 Å². The van der Waals surface area contributed by atoms with Gasteiger partial charge in [-0.1, -0.05) is 31.9 Å². The van der Waals surface area contributed by atoms with Crippen LogP contribution in [0.25, 0.3) is 0 Å². The number of pyridine rings is 2. The first-order valence-electron chi connectivity index (χ1n) is 8.52. The van der Waals surface area contributed by atoms with Gasteiger partial charge in [-0.25, -0.2) is 0 Å². The zero-order valence-corrected chi connectivity index (χ0v) is 14.7. The van der Waals surface area contributed by atoms with Crippen LogP contribution < -0.4 is 0 Å². The van der Waals surface area contributed by atoms with Crippen LogP contribution in [0.4, 0.5) is 0 Å². The Morgan fingerprint density at radius 3 is 1.81 bits per heavy atom. The molecule has 0 radical (unpaired) electrons. The van der Waals surface area contributed by atoms with Gasteiger partial charge in [-0.3, -0.25) is 24.5 Å². The SMILES string of the molecule is CCCCC(c1ccccn1)(c1ccccn1)N(CC(=O)O)CC(=O)O. The molecule has 0 saturated heterocycles. The Balaban J connectivity index is 2.70. The molecule has 0 unspecified atom stereocenters. The summed E-state index contributed by atoms with van der Waals surface area (Å²) in [5, 5.41) is 18.8. The fourth-order valence-corrected chi connectivity index (χ4v) is 3.17. The highest BCUT2D eigenvalue weighted by Gasteiger charge is 2.43. The van der Waals surface area contributed by atoms with Crippen LogP contribution in [0.3, 0.4) is 0 Å². The molecular formula is C19H23N3O4. The van der Waals surface area contributed by atoms with Crippen molar-refractivity contribution >= 4 is 11.9 Å². The summed E-state index contributed by atoms with van der Waals surface area (Å²) in [6.07, 6.45) is 5.40. The van der Waals surface area contributed by atoms with Crippen molar-refractivity contribution < 1.29 is 19.8 Å². The molecule has 7 nitrogen and oxygen atoms in total. The number of hydrogen-bond acceptors (Lipinski definition) is 5. The molecule has 0 amide bonds. The Hall–Kier alpha value is -2.80. The summed E-state index contributed by atoms with van der Waals surface area (Å²) in [7, 11) is 0. The summed E-state index contributed by atoms with van der Waals surface area (Å²) in [6, 6.07) is 10.7. The number of carboxylic acid groups (broad SMARTS) is 2. The van der Waals surface area contributed by atoms with Gasteiger partial charge >= 0.3 is 11.9 Å².